The highest BCUT2D eigenvalue weighted by molar-refractivity contribution is 9.25. The molecule has 0 fully saturated rings. The molecule has 0 bridgehead atoms. The van der Waals surface area contributed by atoms with E-state index in [2.05, 4.69) is 0 Å². The molecule has 12 heteroatoms. The van der Waals surface area contributed by atoms with Gasteiger partial charge in [0.15, 0.2) is 0 Å². The number of hydrogen-bond acceptors (Lipinski definition) is 0. The molecule has 0 aliphatic rings. The van der Waals surface area contributed by atoms with E-state index in [1.807, 2.05) is 0 Å². The second-order valence-electron chi connectivity index (χ2n) is 2.72. The van der Waals surface area contributed by atoms with E-state index in [1.165, 1.54) is 15.9 Å². The monoisotopic (exact) mass is 588 g/mol. The number of halogens is 12. The van der Waals surface area contributed by atoms with Crippen molar-refractivity contribution in [2.24, 2.45) is 0 Å². The Hall–Kier alpha value is 1.91. The Morgan fingerprint density at radius 3 is 0.765 bits per heavy atom. The molecule has 0 nitrogen and oxygen atoms in total. The SMILES string of the molecule is FC(Br)(Br)C(F)(F)C(F)(Br)C(F)(F)C(F)(Br)Br. The van der Waals surface area contributed by atoms with Crippen LogP contribution in [0.4, 0.5) is 30.7 Å². The van der Waals surface area contributed by atoms with E-state index >= 15 is 0 Å². The third-order valence-electron chi connectivity index (χ3n) is 1.50. The largest absolute Gasteiger partial charge is 0.350 e. The molecule has 0 aromatic heterocycles. The summed E-state index contributed by atoms with van der Waals surface area (Å²) in [5.41, 5.74) is 0. The van der Waals surface area contributed by atoms with Crippen LogP contribution in [0.2, 0.25) is 0 Å². The fourth-order valence-electron chi connectivity index (χ4n) is 0.553. The minimum Gasteiger partial charge on any atom is -0.217 e. The second-order valence-corrected chi connectivity index (χ2v) is 10.3. The summed E-state index contributed by atoms with van der Waals surface area (Å²) in [5, 5.41) is 0. The molecule has 0 N–H and O–H groups in total. The van der Waals surface area contributed by atoms with E-state index in [4.69, 9.17) is 0 Å². The summed E-state index contributed by atoms with van der Waals surface area (Å²) in [6.07, 6.45) is 0. The van der Waals surface area contributed by atoms with E-state index in [1.54, 1.807) is 63.7 Å². The third-order valence-corrected chi connectivity index (χ3v) is 4.49. The summed E-state index contributed by atoms with van der Waals surface area (Å²) in [7, 11) is 0. The molecule has 0 rings (SSSR count). The van der Waals surface area contributed by atoms with Crippen molar-refractivity contribution in [3.63, 3.8) is 0 Å². The Morgan fingerprint density at radius 1 is 0.471 bits per heavy atom. The van der Waals surface area contributed by atoms with Crippen molar-refractivity contribution in [3.8, 4) is 0 Å². The summed E-state index contributed by atoms with van der Waals surface area (Å²) < 4.78 is 78.8. The topological polar surface area (TPSA) is 0 Å². The van der Waals surface area contributed by atoms with Crippen LogP contribution in [0.5, 0.6) is 0 Å². The zero-order valence-corrected chi connectivity index (χ0v) is 15.0. The van der Waals surface area contributed by atoms with Gasteiger partial charge in [-0.2, -0.15) is 17.6 Å². The smallest absolute Gasteiger partial charge is 0.217 e. The lowest BCUT2D eigenvalue weighted by Gasteiger charge is -2.39. The van der Waals surface area contributed by atoms with Crippen LogP contribution in [0.3, 0.4) is 0 Å². The van der Waals surface area contributed by atoms with Gasteiger partial charge in [0.1, 0.15) is 0 Å². The van der Waals surface area contributed by atoms with E-state index in [-0.39, 0.29) is 0 Å². The quantitative estimate of drug-likeness (QED) is 0.272. The minimum absolute atomic E-state index is 1.33. The maximum absolute atomic E-state index is 13.5. The van der Waals surface area contributed by atoms with Crippen LogP contribution >= 0.6 is 79.6 Å². The number of rotatable bonds is 4. The van der Waals surface area contributed by atoms with Crippen LogP contribution in [0.25, 0.3) is 0 Å². The molecule has 17 heavy (non-hydrogen) atoms. The zero-order chi connectivity index (χ0) is 14.5. The summed E-state index contributed by atoms with van der Waals surface area (Å²) in [4.78, 5) is 0. The molecule has 0 aromatic carbocycles. The predicted octanol–water partition coefficient (Wildman–Crippen LogP) is 6.14. The summed E-state index contributed by atoms with van der Waals surface area (Å²) in [6.45, 7) is 0. The summed E-state index contributed by atoms with van der Waals surface area (Å²) in [5.74, 6) is -10.7. The van der Waals surface area contributed by atoms with Crippen LogP contribution in [0, 0.1) is 0 Å². The van der Waals surface area contributed by atoms with Crippen molar-refractivity contribution in [1.82, 2.24) is 0 Å². The van der Waals surface area contributed by atoms with Crippen LogP contribution in [-0.4, -0.2) is 23.4 Å². The second kappa shape index (κ2) is 5.03. The van der Waals surface area contributed by atoms with E-state index in [9.17, 15) is 30.7 Å². The Balaban J connectivity index is 5.73. The fourth-order valence-corrected chi connectivity index (χ4v) is 3.26. The first-order chi connectivity index (χ1) is 7.00. The van der Waals surface area contributed by atoms with Gasteiger partial charge in [-0.05, 0) is 79.6 Å². The fraction of sp³-hybridized carbons (Fsp3) is 1.00. The van der Waals surface area contributed by atoms with Crippen LogP contribution < -0.4 is 0 Å². The lowest BCUT2D eigenvalue weighted by atomic mass is 10.1. The third kappa shape index (κ3) is 3.15. The highest BCUT2D eigenvalue weighted by Crippen LogP contribution is 2.63. The van der Waals surface area contributed by atoms with Crippen molar-refractivity contribution < 1.29 is 30.7 Å². The van der Waals surface area contributed by atoms with Crippen molar-refractivity contribution in [1.29, 1.82) is 0 Å². The van der Waals surface area contributed by atoms with E-state index in [0.717, 1.165) is 0 Å². The molecule has 0 unspecified atom stereocenters. The highest BCUT2D eigenvalue weighted by atomic mass is 79.9. The van der Waals surface area contributed by atoms with Gasteiger partial charge in [-0.15, -0.1) is 0 Å². The van der Waals surface area contributed by atoms with Gasteiger partial charge >= 0.3 is 16.4 Å². The molecule has 0 atom stereocenters. The first kappa shape index (κ1) is 18.9. The van der Waals surface area contributed by atoms with Crippen molar-refractivity contribution in [3.05, 3.63) is 0 Å². The number of alkyl halides is 12. The molecule has 0 heterocycles. The molecular formula is C5Br5F7. The average molecular weight is 593 g/mol. The molecule has 0 saturated heterocycles. The van der Waals surface area contributed by atoms with Crippen LogP contribution in [-0.2, 0) is 0 Å². The van der Waals surface area contributed by atoms with E-state index in [0.29, 0.717) is 0 Å². The highest BCUT2D eigenvalue weighted by Gasteiger charge is 2.81. The lowest BCUT2D eigenvalue weighted by molar-refractivity contribution is -0.224. The van der Waals surface area contributed by atoms with Gasteiger partial charge in [0.2, 0.25) is 0 Å². The lowest BCUT2D eigenvalue weighted by Crippen LogP contribution is -2.63. The van der Waals surface area contributed by atoms with Gasteiger partial charge in [0.25, 0.3) is 6.97 Å². The standard InChI is InChI=1S/C5Br5F7/c6-1(11,2(12,13)4(7,8)16)3(14,15)5(9,10)17. The maximum Gasteiger partial charge on any atom is 0.350 e. The average Bonchev–Trinajstić information content (AvgIpc) is 1.98. The van der Waals surface area contributed by atoms with Gasteiger partial charge < -0.3 is 0 Å². The van der Waals surface area contributed by atoms with Crippen LogP contribution in [0.15, 0.2) is 0 Å². The molecule has 0 aliphatic heterocycles. The Bertz CT molecular complexity index is 262. The zero-order valence-electron chi connectivity index (χ0n) is 7.04. The molecule has 0 spiro atoms. The molecule has 104 valence electrons. The molecular weight excluding hydrogens is 593 g/mol. The normalized spacial score (nSPS) is 16.2. The molecule has 0 aliphatic carbocycles. The molecule has 0 amide bonds. The minimum atomic E-state index is -5.36. The maximum atomic E-state index is 13.5. The molecule has 0 radical (unpaired) electrons. The first-order valence-electron chi connectivity index (χ1n) is 3.27. The van der Waals surface area contributed by atoms with Crippen molar-refractivity contribution >= 4 is 79.6 Å². The summed E-state index contributed by atoms with van der Waals surface area (Å²) >= 11 is 7.88. The van der Waals surface area contributed by atoms with E-state index < -0.39 is 23.4 Å². The number of hydrogen-bond donors (Lipinski definition) is 0. The predicted molar refractivity (Wildman–Crippen MR) is 66.0 cm³/mol. The van der Waals surface area contributed by atoms with Gasteiger partial charge in [0.05, 0.1) is 0 Å². The Kier molecular flexibility index (Phi) is 5.59. The molecule has 0 aromatic rings. The molecule has 0 saturated carbocycles. The van der Waals surface area contributed by atoms with Gasteiger partial charge in [-0.3, -0.25) is 0 Å². The van der Waals surface area contributed by atoms with Crippen molar-refractivity contribution in [2.45, 2.75) is 23.4 Å². The van der Waals surface area contributed by atoms with Crippen LogP contribution in [0.1, 0.15) is 0 Å². The van der Waals surface area contributed by atoms with Gasteiger partial charge in [-0.1, -0.05) is 0 Å². The van der Waals surface area contributed by atoms with Gasteiger partial charge in [-0.25, -0.2) is 13.2 Å². The Morgan fingerprint density at radius 2 is 0.647 bits per heavy atom. The first-order valence-corrected chi connectivity index (χ1v) is 7.23. The Labute approximate surface area is 133 Å². The summed E-state index contributed by atoms with van der Waals surface area (Å²) in [6, 6.07) is 0. The van der Waals surface area contributed by atoms with Gasteiger partial charge in [0, 0.05) is 0 Å². The van der Waals surface area contributed by atoms with Crippen molar-refractivity contribution in [2.75, 3.05) is 0 Å².